The Kier molecular flexibility index (Phi) is 5.56. The van der Waals surface area contributed by atoms with Crippen molar-refractivity contribution in [2.45, 2.75) is 37.1 Å². The van der Waals surface area contributed by atoms with Crippen LogP contribution in [-0.2, 0) is 21.2 Å². The molecule has 0 spiro atoms. The van der Waals surface area contributed by atoms with Crippen molar-refractivity contribution in [3.63, 3.8) is 0 Å². The SMILES string of the molecule is Cc1ccc(S(=O)(=O)N2CCC(NC(=O)Cc3cccs3)CC2)cc1. The van der Waals surface area contributed by atoms with Crippen molar-refractivity contribution in [2.75, 3.05) is 13.1 Å². The number of sulfonamides is 1. The molecule has 1 saturated heterocycles. The van der Waals surface area contributed by atoms with Gasteiger partial charge in [-0.2, -0.15) is 4.31 Å². The highest BCUT2D eigenvalue weighted by molar-refractivity contribution is 7.89. The third kappa shape index (κ3) is 4.48. The number of thiophene rings is 1. The highest BCUT2D eigenvalue weighted by Crippen LogP contribution is 2.21. The van der Waals surface area contributed by atoms with Crippen molar-refractivity contribution < 1.29 is 13.2 Å². The summed E-state index contributed by atoms with van der Waals surface area (Å²) >= 11 is 1.57. The number of aryl methyl sites for hydroxylation is 1. The largest absolute Gasteiger partial charge is 0.353 e. The Balaban J connectivity index is 1.54. The second kappa shape index (κ2) is 7.68. The average Bonchev–Trinajstić information content (AvgIpc) is 3.08. The molecule has 1 aliphatic rings. The average molecular weight is 379 g/mol. The molecular formula is C18H22N2O3S2. The number of rotatable bonds is 5. The summed E-state index contributed by atoms with van der Waals surface area (Å²) in [7, 11) is -3.45. The van der Waals surface area contributed by atoms with Crippen LogP contribution in [0.5, 0.6) is 0 Å². The van der Waals surface area contributed by atoms with Crippen LogP contribution in [0.2, 0.25) is 0 Å². The molecule has 0 bridgehead atoms. The molecule has 0 unspecified atom stereocenters. The smallest absolute Gasteiger partial charge is 0.243 e. The molecule has 134 valence electrons. The molecule has 2 aromatic rings. The fraction of sp³-hybridized carbons (Fsp3) is 0.389. The number of nitrogens with zero attached hydrogens (tertiary/aromatic N) is 1. The standard InChI is InChI=1S/C18H22N2O3S2/c1-14-4-6-17(7-5-14)25(22,23)20-10-8-15(9-11-20)19-18(21)13-16-3-2-12-24-16/h2-7,12,15H,8-11,13H2,1H3,(H,19,21). The van der Waals surface area contributed by atoms with E-state index < -0.39 is 10.0 Å². The Labute approximate surface area is 152 Å². The van der Waals surface area contributed by atoms with Crippen LogP contribution in [0.1, 0.15) is 23.3 Å². The minimum absolute atomic E-state index is 0.00212. The molecule has 1 fully saturated rings. The summed E-state index contributed by atoms with van der Waals surface area (Å²) in [5, 5.41) is 4.98. The molecule has 1 aliphatic heterocycles. The number of benzene rings is 1. The first kappa shape index (κ1) is 18.1. The van der Waals surface area contributed by atoms with Crippen LogP contribution in [0.25, 0.3) is 0 Å². The van der Waals surface area contributed by atoms with Gasteiger partial charge >= 0.3 is 0 Å². The monoisotopic (exact) mass is 378 g/mol. The van der Waals surface area contributed by atoms with E-state index in [4.69, 9.17) is 0 Å². The second-order valence-electron chi connectivity index (χ2n) is 6.32. The lowest BCUT2D eigenvalue weighted by Gasteiger charge is -2.31. The van der Waals surface area contributed by atoms with E-state index in [1.54, 1.807) is 23.5 Å². The molecule has 5 nitrogen and oxygen atoms in total. The van der Waals surface area contributed by atoms with Gasteiger partial charge in [0, 0.05) is 24.0 Å². The molecule has 7 heteroatoms. The fourth-order valence-electron chi connectivity index (χ4n) is 2.95. The van der Waals surface area contributed by atoms with E-state index in [-0.39, 0.29) is 11.9 Å². The minimum Gasteiger partial charge on any atom is -0.353 e. The molecular weight excluding hydrogens is 356 g/mol. The normalized spacial score (nSPS) is 16.7. The van der Waals surface area contributed by atoms with Gasteiger partial charge in [0.2, 0.25) is 15.9 Å². The number of carbonyl (C=O) groups is 1. The maximum absolute atomic E-state index is 12.7. The number of nitrogens with one attached hydrogen (secondary N) is 1. The number of piperidine rings is 1. The Morgan fingerprint density at radius 3 is 2.48 bits per heavy atom. The topological polar surface area (TPSA) is 66.5 Å². The summed E-state index contributed by atoms with van der Waals surface area (Å²) in [6, 6.07) is 10.8. The van der Waals surface area contributed by atoms with Crippen LogP contribution >= 0.6 is 11.3 Å². The van der Waals surface area contributed by atoms with Crippen LogP contribution in [0, 0.1) is 6.92 Å². The van der Waals surface area contributed by atoms with E-state index >= 15 is 0 Å². The minimum atomic E-state index is -3.45. The Hall–Kier alpha value is -1.70. The molecule has 2 heterocycles. The zero-order valence-corrected chi connectivity index (χ0v) is 15.8. The predicted octanol–water partition coefficient (Wildman–Crippen LogP) is 2.57. The lowest BCUT2D eigenvalue weighted by molar-refractivity contribution is -0.121. The Bertz CT molecular complexity index is 807. The Morgan fingerprint density at radius 1 is 1.20 bits per heavy atom. The van der Waals surface area contributed by atoms with Gasteiger partial charge in [-0.25, -0.2) is 8.42 Å². The third-order valence-corrected chi connectivity index (χ3v) is 7.18. The van der Waals surface area contributed by atoms with Crippen molar-refractivity contribution >= 4 is 27.3 Å². The van der Waals surface area contributed by atoms with Gasteiger partial charge in [-0.3, -0.25) is 4.79 Å². The van der Waals surface area contributed by atoms with E-state index in [1.807, 2.05) is 36.6 Å². The highest BCUT2D eigenvalue weighted by atomic mass is 32.2. The van der Waals surface area contributed by atoms with Gasteiger partial charge in [-0.05, 0) is 43.3 Å². The summed E-state index contributed by atoms with van der Waals surface area (Å²) in [4.78, 5) is 13.4. The van der Waals surface area contributed by atoms with E-state index in [0.29, 0.717) is 37.2 Å². The summed E-state index contributed by atoms with van der Waals surface area (Å²) in [5.41, 5.74) is 1.03. The molecule has 0 radical (unpaired) electrons. The van der Waals surface area contributed by atoms with Gasteiger partial charge in [0.05, 0.1) is 11.3 Å². The summed E-state index contributed by atoms with van der Waals surface area (Å²) < 4.78 is 26.9. The van der Waals surface area contributed by atoms with Gasteiger partial charge in [-0.1, -0.05) is 23.8 Å². The summed E-state index contributed by atoms with van der Waals surface area (Å²) in [6.07, 6.45) is 1.67. The van der Waals surface area contributed by atoms with Crippen molar-refractivity contribution in [3.05, 3.63) is 52.2 Å². The third-order valence-electron chi connectivity index (χ3n) is 4.39. The van der Waals surface area contributed by atoms with Gasteiger partial charge in [-0.15, -0.1) is 11.3 Å². The quantitative estimate of drug-likeness (QED) is 0.870. The van der Waals surface area contributed by atoms with E-state index in [1.165, 1.54) is 4.31 Å². The summed E-state index contributed by atoms with van der Waals surface area (Å²) in [5.74, 6) is 0.00212. The molecule has 0 saturated carbocycles. The van der Waals surface area contributed by atoms with Crippen LogP contribution in [0.15, 0.2) is 46.7 Å². The van der Waals surface area contributed by atoms with Crippen LogP contribution in [0.3, 0.4) is 0 Å². The van der Waals surface area contributed by atoms with Crippen LogP contribution < -0.4 is 5.32 Å². The first-order chi connectivity index (χ1) is 11.9. The van der Waals surface area contributed by atoms with E-state index in [0.717, 1.165) is 10.4 Å². The van der Waals surface area contributed by atoms with E-state index in [2.05, 4.69) is 5.32 Å². The molecule has 0 atom stereocenters. The van der Waals surface area contributed by atoms with Crippen LogP contribution in [0.4, 0.5) is 0 Å². The molecule has 3 rings (SSSR count). The van der Waals surface area contributed by atoms with Gasteiger partial charge in [0.1, 0.15) is 0 Å². The highest BCUT2D eigenvalue weighted by Gasteiger charge is 2.29. The van der Waals surface area contributed by atoms with Gasteiger partial charge in [0.25, 0.3) is 0 Å². The molecule has 25 heavy (non-hydrogen) atoms. The first-order valence-corrected chi connectivity index (χ1v) is 10.7. The number of hydrogen-bond donors (Lipinski definition) is 1. The second-order valence-corrected chi connectivity index (χ2v) is 9.29. The molecule has 1 aromatic heterocycles. The molecule has 1 N–H and O–H groups in total. The molecule has 0 aliphatic carbocycles. The maximum atomic E-state index is 12.7. The van der Waals surface area contributed by atoms with E-state index in [9.17, 15) is 13.2 Å². The lowest BCUT2D eigenvalue weighted by atomic mass is 10.1. The summed E-state index contributed by atoms with van der Waals surface area (Å²) in [6.45, 7) is 2.79. The van der Waals surface area contributed by atoms with Crippen LogP contribution in [-0.4, -0.2) is 37.8 Å². The van der Waals surface area contributed by atoms with Crippen molar-refractivity contribution in [2.24, 2.45) is 0 Å². The first-order valence-electron chi connectivity index (χ1n) is 8.34. The Morgan fingerprint density at radius 2 is 1.88 bits per heavy atom. The van der Waals surface area contributed by atoms with Gasteiger partial charge < -0.3 is 5.32 Å². The van der Waals surface area contributed by atoms with Crippen molar-refractivity contribution in [1.29, 1.82) is 0 Å². The molecule has 1 amide bonds. The van der Waals surface area contributed by atoms with Crippen molar-refractivity contribution in [1.82, 2.24) is 9.62 Å². The maximum Gasteiger partial charge on any atom is 0.243 e. The fourth-order valence-corrected chi connectivity index (χ4v) is 5.12. The zero-order valence-electron chi connectivity index (χ0n) is 14.1. The lowest BCUT2D eigenvalue weighted by Crippen LogP contribution is -2.46. The number of amides is 1. The number of carbonyl (C=O) groups excluding carboxylic acids is 1. The number of hydrogen-bond acceptors (Lipinski definition) is 4. The zero-order chi connectivity index (χ0) is 17.9. The molecule has 1 aromatic carbocycles. The predicted molar refractivity (Wildman–Crippen MR) is 99.1 cm³/mol. The van der Waals surface area contributed by atoms with Gasteiger partial charge in [0.15, 0.2) is 0 Å². The van der Waals surface area contributed by atoms with Crippen molar-refractivity contribution in [3.8, 4) is 0 Å².